The van der Waals surface area contributed by atoms with Crippen LogP contribution in [-0.4, -0.2) is 48.2 Å². The lowest BCUT2D eigenvalue weighted by Crippen LogP contribution is -2.30. The molecule has 0 fully saturated rings. The molecule has 1 rings (SSSR count). The first-order valence-electron chi connectivity index (χ1n) is 5.79. The quantitative estimate of drug-likeness (QED) is 0.408. The predicted molar refractivity (Wildman–Crippen MR) is 78.8 cm³/mol. The van der Waals surface area contributed by atoms with Crippen molar-refractivity contribution in [3.63, 3.8) is 0 Å². The number of amides is 1. The molecule has 1 atom stereocenters. The summed E-state index contributed by atoms with van der Waals surface area (Å²) >= 11 is 2.82. The van der Waals surface area contributed by atoms with Gasteiger partial charge in [0.25, 0.3) is 0 Å². The molecule has 0 aliphatic heterocycles. The van der Waals surface area contributed by atoms with Crippen molar-refractivity contribution < 1.29 is 9.53 Å². The number of thioether (sulfide) groups is 1. The van der Waals surface area contributed by atoms with E-state index < -0.39 is 0 Å². The Labute approximate surface area is 121 Å². The van der Waals surface area contributed by atoms with Crippen molar-refractivity contribution in [1.29, 1.82) is 0 Å². The Morgan fingerprint density at radius 3 is 3.11 bits per heavy atom. The van der Waals surface area contributed by atoms with Gasteiger partial charge in [-0.3, -0.25) is 4.79 Å². The highest BCUT2D eigenvalue weighted by molar-refractivity contribution is 8.02. The van der Waals surface area contributed by atoms with E-state index in [0.717, 1.165) is 9.47 Å². The Bertz CT molecular complexity index is 411. The Hall–Kier alpha value is -1.12. The number of methoxy groups -OCH3 is 1. The van der Waals surface area contributed by atoms with Crippen LogP contribution in [0, 0.1) is 0 Å². The highest BCUT2D eigenvalue weighted by Crippen LogP contribution is 2.28. The first kappa shape index (κ1) is 15.9. The molecule has 106 valence electrons. The van der Waals surface area contributed by atoms with Crippen LogP contribution in [0.25, 0.3) is 0 Å². The first-order chi connectivity index (χ1) is 9.17. The van der Waals surface area contributed by atoms with Gasteiger partial charge in [-0.1, -0.05) is 29.2 Å². The van der Waals surface area contributed by atoms with Crippen LogP contribution in [0.2, 0.25) is 0 Å². The zero-order chi connectivity index (χ0) is 14.1. The average Bonchev–Trinajstić information content (AvgIpc) is 2.83. The molecule has 1 amide bonds. The lowest BCUT2D eigenvalue weighted by Gasteiger charge is -2.07. The number of nitrogens with zero attached hydrogens (tertiary/aromatic N) is 2. The highest BCUT2D eigenvalue weighted by Gasteiger charge is 2.16. The Kier molecular flexibility index (Phi) is 7.46. The Balaban J connectivity index is 2.39. The molecule has 2 N–H and O–H groups in total. The maximum Gasteiger partial charge on any atom is 0.233 e. The van der Waals surface area contributed by atoms with Gasteiger partial charge in [0.15, 0.2) is 4.34 Å². The molecule has 0 saturated carbocycles. The summed E-state index contributed by atoms with van der Waals surface area (Å²) in [6.07, 6.45) is 1.65. The van der Waals surface area contributed by atoms with Crippen molar-refractivity contribution in [3.8, 4) is 0 Å². The molecule has 8 heteroatoms. The van der Waals surface area contributed by atoms with Gasteiger partial charge in [-0.05, 0) is 6.92 Å². The minimum Gasteiger partial charge on any atom is -0.383 e. The maximum absolute atomic E-state index is 11.7. The van der Waals surface area contributed by atoms with E-state index in [1.54, 1.807) is 13.2 Å². The smallest absolute Gasteiger partial charge is 0.233 e. The van der Waals surface area contributed by atoms with E-state index in [1.807, 2.05) is 6.92 Å². The molecule has 1 aromatic rings. The van der Waals surface area contributed by atoms with E-state index in [4.69, 9.17) is 4.74 Å². The van der Waals surface area contributed by atoms with E-state index in [-0.39, 0.29) is 11.2 Å². The van der Waals surface area contributed by atoms with E-state index >= 15 is 0 Å². The van der Waals surface area contributed by atoms with Crippen LogP contribution in [0.1, 0.15) is 6.92 Å². The molecule has 0 aliphatic rings. The third-order valence-corrected chi connectivity index (χ3v) is 4.12. The molecule has 0 spiro atoms. The summed E-state index contributed by atoms with van der Waals surface area (Å²) in [5.74, 6) is -0.0333. The van der Waals surface area contributed by atoms with Crippen LogP contribution in [0.3, 0.4) is 0 Å². The van der Waals surface area contributed by atoms with E-state index in [9.17, 15) is 4.79 Å². The number of rotatable bonds is 9. The van der Waals surface area contributed by atoms with Crippen molar-refractivity contribution in [3.05, 3.63) is 12.7 Å². The van der Waals surface area contributed by atoms with Gasteiger partial charge >= 0.3 is 0 Å². The molecule has 0 aliphatic carbocycles. The Morgan fingerprint density at radius 2 is 2.42 bits per heavy atom. The topological polar surface area (TPSA) is 76.1 Å². The number of aromatic nitrogens is 2. The van der Waals surface area contributed by atoms with E-state index in [2.05, 4.69) is 27.4 Å². The second-order valence-corrected chi connectivity index (χ2v) is 6.15. The van der Waals surface area contributed by atoms with Crippen LogP contribution in [0.4, 0.5) is 5.13 Å². The number of hydrogen-bond donors (Lipinski definition) is 2. The van der Waals surface area contributed by atoms with Crippen molar-refractivity contribution in [2.45, 2.75) is 16.5 Å². The van der Waals surface area contributed by atoms with Crippen molar-refractivity contribution >= 4 is 34.1 Å². The van der Waals surface area contributed by atoms with Crippen LogP contribution in [-0.2, 0) is 9.53 Å². The largest absolute Gasteiger partial charge is 0.383 e. The van der Waals surface area contributed by atoms with Gasteiger partial charge in [-0.25, -0.2) is 0 Å². The van der Waals surface area contributed by atoms with Gasteiger partial charge in [-0.15, -0.1) is 16.8 Å². The van der Waals surface area contributed by atoms with Gasteiger partial charge in [0.05, 0.1) is 11.9 Å². The van der Waals surface area contributed by atoms with Crippen molar-refractivity contribution in [2.75, 3.05) is 32.1 Å². The zero-order valence-electron chi connectivity index (χ0n) is 11.0. The monoisotopic (exact) mass is 302 g/mol. The number of anilines is 1. The van der Waals surface area contributed by atoms with E-state index in [1.165, 1.54) is 23.1 Å². The summed E-state index contributed by atoms with van der Waals surface area (Å²) in [6, 6.07) is 0. The minimum absolute atomic E-state index is 0.0333. The molecule has 0 radical (unpaired) electrons. The molecule has 6 nitrogen and oxygen atoms in total. The second kappa shape index (κ2) is 8.89. The average molecular weight is 302 g/mol. The fourth-order valence-corrected chi connectivity index (χ4v) is 3.06. The zero-order valence-corrected chi connectivity index (χ0v) is 12.6. The van der Waals surface area contributed by atoms with Crippen LogP contribution in [0.15, 0.2) is 17.0 Å². The summed E-state index contributed by atoms with van der Waals surface area (Å²) in [7, 11) is 1.65. The number of carbonyl (C=O) groups excluding carboxylic acids is 1. The minimum atomic E-state index is -0.209. The lowest BCUT2D eigenvalue weighted by atomic mass is 10.4. The van der Waals surface area contributed by atoms with Gasteiger partial charge in [0, 0.05) is 20.2 Å². The molecule has 1 aromatic heterocycles. The SMILES string of the molecule is C=CCNC(=O)[C@@H](C)Sc1nnc(NCCOC)s1. The predicted octanol–water partition coefficient (Wildman–Crippen LogP) is 1.38. The normalized spacial score (nSPS) is 11.9. The fourth-order valence-electron chi connectivity index (χ4n) is 1.11. The number of ether oxygens (including phenoxy) is 1. The Morgan fingerprint density at radius 1 is 1.63 bits per heavy atom. The van der Waals surface area contributed by atoms with Gasteiger partial charge in [0.1, 0.15) is 0 Å². The molecule has 0 bridgehead atoms. The first-order valence-corrected chi connectivity index (χ1v) is 7.48. The molecule has 0 unspecified atom stereocenters. The van der Waals surface area contributed by atoms with Crippen molar-refractivity contribution in [1.82, 2.24) is 15.5 Å². The van der Waals surface area contributed by atoms with E-state index in [0.29, 0.717) is 19.7 Å². The van der Waals surface area contributed by atoms with Crippen LogP contribution in [0.5, 0.6) is 0 Å². The second-order valence-electron chi connectivity index (χ2n) is 3.59. The van der Waals surface area contributed by atoms with Crippen LogP contribution >= 0.6 is 23.1 Å². The number of nitrogens with one attached hydrogen (secondary N) is 2. The third-order valence-electron chi connectivity index (χ3n) is 2.06. The summed E-state index contributed by atoms with van der Waals surface area (Å²) in [4.78, 5) is 11.7. The molecule has 0 saturated heterocycles. The standard InChI is InChI=1S/C11H18N4O2S2/c1-4-5-12-9(16)8(2)18-11-15-14-10(19-11)13-6-7-17-3/h4,8H,1,5-7H2,2-3H3,(H,12,16)(H,13,14)/t8-/m1/s1. The molecule has 0 aromatic carbocycles. The molecule has 1 heterocycles. The molecular formula is C11H18N4O2S2. The number of hydrogen-bond acceptors (Lipinski definition) is 7. The fraction of sp³-hybridized carbons (Fsp3) is 0.545. The van der Waals surface area contributed by atoms with Gasteiger partial charge in [0.2, 0.25) is 11.0 Å². The molecular weight excluding hydrogens is 284 g/mol. The summed E-state index contributed by atoms with van der Waals surface area (Å²) in [6.45, 7) is 7.17. The van der Waals surface area contributed by atoms with Crippen LogP contribution < -0.4 is 10.6 Å². The van der Waals surface area contributed by atoms with Gasteiger partial charge < -0.3 is 15.4 Å². The maximum atomic E-state index is 11.7. The van der Waals surface area contributed by atoms with Crippen molar-refractivity contribution in [2.24, 2.45) is 0 Å². The summed E-state index contributed by atoms with van der Waals surface area (Å²) in [5, 5.41) is 14.4. The summed E-state index contributed by atoms with van der Waals surface area (Å²) < 4.78 is 5.70. The lowest BCUT2D eigenvalue weighted by molar-refractivity contribution is -0.120. The summed E-state index contributed by atoms with van der Waals surface area (Å²) in [5.41, 5.74) is 0. The highest BCUT2D eigenvalue weighted by atomic mass is 32.2. The molecule has 19 heavy (non-hydrogen) atoms. The number of carbonyl (C=O) groups is 1. The van der Waals surface area contributed by atoms with Gasteiger partial charge in [-0.2, -0.15) is 0 Å². The third kappa shape index (κ3) is 6.04.